The quantitative estimate of drug-likeness (QED) is 0.295. The Morgan fingerprint density at radius 1 is 1.05 bits per heavy atom. The van der Waals surface area contributed by atoms with Gasteiger partial charge in [-0.2, -0.15) is 13.2 Å². The molecule has 3 heterocycles. The molecule has 2 saturated carbocycles. The summed E-state index contributed by atoms with van der Waals surface area (Å²) in [6, 6.07) is 16.9. The van der Waals surface area contributed by atoms with Crippen molar-refractivity contribution in [3.8, 4) is 11.6 Å². The zero-order valence-electron chi connectivity index (χ0n) is 22.8. The van der Waals surface area contributed by atoms with Crippen LogP contribution in [0.2, 0.25) is 0 Å². The van der Waals surface area contributed by atoms with Crippen LogP contribution in [0.25, 0.3) is 17.2 Å². The number of anilines is 2. The number of nitrogens with one attached hydrogen (secondary N) is 1. The Balaban J connectivity index is 1.14. The lowest BCUT2D eigenvalue weighted by Crippen LogP contribution is -2.36. The van der Waals surface area contributed by atoms with Crippen LogP contribution in [0.5, 0.6) is 0 Å². The van der Waals surface area contributed by atoms with E-state index in [1.165, 1.54) is 0 Å². The van der Waals surface area contributed by atoms with Crippen molar-refractivity contribution in [1.29, 1.82) is 0 Å². The second kappa shape index (κ2) is 9.75. The Morgan fingerprint density at radius 2 is 1.84 bits per heavy atom. The predicted molar refractivity (Wildman–Crippen MR) is 154 cm³/mol. The van der Waals surface area contributed by atoms with Gasteiger partial charge in [0.25, 0.3) is 5.89 Å². The first-order valence-electron chi connectivity index (χ1n) is 14.3. The fourth-order valence-corrected chi connectivity index (χ4v) is 7.48. The summed E-state index contributed by atoms with van der Waals surface area (Å²) >= 11 is 1.05. The van der Waals surface area contributed by atoms with E-state index in [1.807, 2.05) is 60.7 Å². The molecule has 8 nitrogen and oxygen atoms in total. The summed E-state index contributed by atoms with van der Waals surface area (Å²) in [5, 5.41) is 12.0. The molecule has 2 aromatic carbocycles. The minimum Gasteiger partial charge on any atom is -0.402 e. The van der Waals surface area contributed by atoms with E-state index in [2.05, 4.69) is 25.4 Å². The highest BCUT2D eigenvalue weighted by Gasteiger charge is 2.66. The molecular weight excluding hydrogens is 579 g/mol. The van der Waals surface area contributed by atoms with Gasteiger partial charge in [-0.05, 0) is 47.6 Å². The molecule has 4 aromatic rings. The molecule has 2 aromatic heterocycles. The first-order chi connectivity index (χ1) is 20.8. The summed E-state index contributed by atoms with van der Waals surface area (Å²) in [5.74, 6) is -0.0676. The Labute approximate surface area is 248 Å². The third-order valence-electron chi connectivity index (χ3n) is 8.68. The molecule has 1 saturated heterocycles. The van der Waals surface area contributed by atoms with E-state index in [-0.39, 0.29) is 59.8 Å². The number of ketones is 1. The molecule has 0 spiro atoms. The zero-order valence-corrected chi connectivity index (χ0v) is 23.6. The monoisotopic (exact) mass is 605 g/mol. The number of thiazole rings is 1. The maximum absolute atomic E-state index is 14.1. The molecule has 12 heteroatoms. The molecule has 43 heavy (non-hydrogen) atoms. The molecule has 0 unspecified atom stereocenters. The second-order valence-corrected chi connectivity index (χ2v) is 12.4. The van der Waals surface area contributed by atoms with Crippen LogP contribution in [0.15, 0.2) is 65.1 Å². The van der Waals surface area contributed by atoms with Crippen molar-refractivity contribution in [1.82, 2.24) is 15.2 Å². The van der Waals surface area contributed by atoms with Gasteiger partial charge in [0.15, 0.2) is 11.5 Å². The van der Waals surface area contributed by atoms with Gasteiger partial charge in [-0.25, -0.2) is 4.98 Å². The number of fused-ring (bicyclic) bond motifs is 2. The van der Waals surface area contributed by atoms with Gasteiger partial charge < -0.3 is 19.4 Å². The van der Waals surface area contributed by atoms with Crippen LogP contribution < -0.4 is 10.2 Å². The summed E-state index contributed by atoms with van der Waals surface area (Å²) in [7, 11) is 0. The third kappa shape index (κ3) is 4.54. The van der Waals surface area contributed by atoms with Crippen LogP contribution >= 0.6 is 11.3 Å². The van der Waals surface area contributed by atoms with E-state index in [9.17, 15) is 18.0 Å². The summed E-state index contributed by atoms with van der Waals surface area (Å²) in [5.41, 5.74) is 2.06. The van der Waals surface area contributed by atoms with Crippen molar-refractivity contribution >= 4 is 33.7 Å². The second-order valence-electron chi connectivity index (χ2n) is 11.4. The third-order valence-corrected chi connectivity index (χ3v) is 9.98. The molecule has 3 fully saturated rings. The van der Waals surface area contributed by atoms with Crippen molar-refractivity contribution in [3.05, 3.63) is 82.4 Å². The molecular formula is C31H26F3N5O3S. The van der Waals surface area contributed by atoms with Crippen LogP contribution in [-0.2, 0) is 21.4 Å². The first kappa shape index (κ1) is 26.6. The molecule has 220 valence electrons. The molecule has 4 aliphatic rings. The van der Waals surface area contributed by atoms with Gasteiger partial charge in [-0.3, -0.25) is 4.79 Å². The van der Waals surface area contributed by atoms with Crippen LogP contribution in [0.4, 0.5) is 24.2 Å². The standard InChI is InChI=1S/C31H26F3N5O3S/c32-31(33,34)30(10-11-30)28-36-25(27(43-28)39-12-13-41-24-16-22(24)39)26-37-38-29(42-26)35-21-15-20(17-6-2-1-3-7-17)19-9-5-4-8-18(19)14-23(21)40/h1-9,15,21-22,24H,10-14,16H2,(H,35,38)/t21-,22+,24-/m0/s1. The highest BCUT2D eigenvalue weighted by molar-refractivity contribution is 7.16. The van der Waals surface area contributed by atoms with Gasteiger partial charge in [-0.1, -0.05) is 71.0 Å². The number of ether oxygens (including phenoxy) is 1. The number of nitrogens with zero attached hydrogens (tertiary/aromatic N) is 4. The topological polar surface area (TPSA) is 93.4 Å². The highest BCUT2D eigenvalue weighted by atomic mass is 32.1. The van der Waals surface area contributed by atoms with Gasteiger partial charge in [-0.15, -0.1) is 5.10 Å². The number of Topliss-reactive ketones (excluding diaryl/α,β-unsaturated/α-hetero) is 1. The smallest absolute Gasteiger partial charge is 0.400 e. The number of carbonyl (C=O) groups is 1. The minimum atomic E-state index is -4.39. The van der Waals surface area contributed by atoms with Crippen LogP contribution in [0.1, 0.15) is 41.0 Å². The summed E-state index contributed by atoms with van der Waals surface area (Å²) in [6.45, 7) is 1.02. The Morgan fingerprint density at radius 3 is 2.63 bits per heavy atom. The number of aromatic nitrogens is 3. The molecule has 0 bridgehead atoms. The summed E-state index contributed by atoms with van der Waals surface area (Å²) in [6.07, 6.45) is -1.42. The molecule has 3 atom stereocenters. The normalized spacial score (nSPS) is 24.1. The van der Waals surface area contributed by atoms with E-state index < -0.39 is 17.6 Å². The average molecular weight is 606 g/mol. The SMILES string of the molecule is O=C1Cc2ccccc2C(c2ccccc2)=C[C@@H]1Nc1nnc(-c2nc(C3(C(F)(F)F)CC3)sc2N2CCO[C@H]3C[C@H]32)o1. The largest absolute Gasteiger partial charge is 0.402 e. The first-order valence-corrected chi connectivity index (χ1v) is 15.1. The van der Waals surface area contributed by atoms with E-state index in [1.54, 1.807) is 0 Å². The summed E-state index contributed by atoms with van der Waals surface area (Å²) in [4.78, 5) is 20.0. The van der Waals surface area contributed by atoms with Crippen molar-refractivity contribution in [2.75, 3.05) is 23.4 Å². The number of benzene rings is 2. The molecule has 1 aliphatic heterocycles. The highest BCUT2D eigenvalue weighted by Crippen LogP contribution is 2.61. The number of morpholine rings is 1. The minimum absolute atomic E-state index is 0.00768. The molecule has 8 rings (SSSR count). The van der Waals surface area contributed by atoms with Crippen LogP contribution in [-0.4, -0.2) is 58.5 Å². The number of halogens is 3. The predicted octanol–water partition coefficient (Wildman–Crippen LogP) is 5.80. The van der Waals surface area contributed by atoms with Crippen molar-refractivity contribution in [3.63, 3.8) is 0 Å². The van der Waals surface area contributed by atoms with Gasteiger partial charge >= 0.3 is 12.2 Å². The lowest BCUT2D eigenvalue weighted by Gasteiger charge is -2.27. The van der Waals surface area contributed by atoms with Gasteiger partial charge in [0.05, 0.1) is 18.8 Å². The molecule has 3 aliphatic carbocycles. The van der Waals surface area contributed by atoms with Gasteiger partial charge in [0.2, 0.25) is 0 Å². The number of hydrogen-bond acceptors (Lipinski definition) is 9. The Kier molecular flexibility index (Phi) is 6.03. The molecule has 0 radical (unpaired) electrons. The Hall–Kier alpha value is -4.03. The van der Waals surface area contributed by atoms with Crippen molar-refractivity contribution < 1.29 is 27.1 Å². The van der Waals surface area contributed by atoms with E-state index in [0.29, 0.717) is 18.2 Å². The fraction of sp³-hybridized carbons (Fsp3) is 0.355. The average Bonchev–Trinajstić information content (AvgIpc) is 3.90. The van der Waals surface area contributed by atoms with E-state index >= 15 is 0 Å². The Bertz CT molecular complexity index is 1750. The fourth-order valence-electron chi connectivity index (χ4n) is 6.07. The molecule has 0 amide bonds. The zero-order chi connectivity index (χ0) is 29.3. The molecule has 1 N–H and O–H groups in total. The van der Waals surface area contributed by atoms with Crippen LogP contribution in [0.3, 0.4) is 0 Å². The van der Waals surface area contributed by atoms with Gasteiger partial charge in [0.1, 0.15) is 21.5 Å². The number of rotatable bonds is 6. The summed E-state index contributed by atoms with van der Waals surface area (Å²) < 4.78 is 53.9. The van der Waals surface area contributed by atoms with Gasteiger partial charge in [0, 0.05) is 13.0 Å². The lowest BCUT2D eigenvalue weighted by molar-refractivity contribution is -0.160. The van der Waals surface area contributed by atoms with Crippen LogP contribution in [0, 0.1) is 0 Å². The number of carbonyl (C=O) groups excluding carboxylic acids is 1. The van der Waals surface area contributed by atoms with Crippen molar-refractivity contribution in [2.24, 2.45) is 0 Å². The number of alkyl halides is 3. The number of hydrogen-bond donors (Lipinski definition) is 1. The van der Waals surface area contributed by atoms with Crippen molar-refractivity contribution in [2.45, 2.75) is 55.5 Å². The maximum Gasteiger partial charge on any atom is 0.400 e. The van der Waals surface area contributed by atoms with E-state index in [0.717, 1.165) is 40.0 Å². The lowest BCUT2D eigenvalue weighted by atomic mass is 9.94. The van der Waals surface area contributed by atoms with E-state index in [4.69, 9.17) is 9.15 Å². The maximum atomic E-state index is 14.1.